The van der Waals surface area contributed by atoms with E-state index in [0.29, 0.717) is 17.4 Å². The third kappa shape index (κ3) is 3.97. The van der Waals surface area contributed by atoms with Crippen molar-refractivity contribution in [3.05, 3.63) is 45.5 Å². The van der Waals surface area contributed by atoms with E-state index < -0.39 is 0 Å². The molecule has 6 nitrogen and oxygen atoms in total. The number of hydrogen-bond acceptors (Lipinski definition) is 6. The van der Waals surface area contributed by atoms with Crippen molar-refractivity contribution in [3.8, 4) is 10.6 Å². The molecule has 0 aliphatic rings. The van der Waals surface area contributed by atoms with Crippen molar-refractivity contribution in [1.29, 1.82) is 0 Å². The first-order valence-corrected chi connectivity index (χ1v) is 9.23. The highest BCUT2D eigenvalue weighted by Gasteiger charge is 2.17. The molecule has 25 heavy (non-hydrogen) atoms. The first kappa shape index (κ1) is 17.4. The van der Waals surface area contributed by atoms with Crippen LogP contribution < -0.4 is 10.6 Å². The normalized spacial score (nSPS) is 10.7. The fourth-order valence-corrected chi connectivity index (χ4v) is 4.13. The van der Waals surface area contributed by atoms with Gasteiger partial charge in [0.25, 0.3) is 5.91 Å². The Morgan fingerprint density at radius 3 is 2.68 bits per heavy atom. The summed E-state index contributed by atoms with van der Waals surface area (Å²) >= 11 is 2.99. The van der Waals surface area contributed by atoms with Crippen LogP contribution in [0.1, 0.15) is 32.8 Å². The molecule has 2 N–H and O–H groups in total. The number of aromatic nitrogens is 1. The largest absolute Gasteiger partial charge is 0.459 e. The van der Waals surface area contributed by atoms with Gasteiger partial charge in [-0.15, -0.1) is 22.7 Å². The molecule has 3 aromatic rings. The molecule has 130 valence electrons. The Morgan fingerprint density at radius 2 is 2.00 bits per heavy atom. The lowest BCUT2D eigenvalue weighted by molar-refractivity contribution is -0.119. The zero-order valence-electron chi connectivity index (χ0n) is 14.0. The highest BCUT2D eigenvalue weighted by Crippen LogP contribution is 2.34. The number of aryl methyl sites for hydroxylation is 2. The second kappa shape index (κ2) is 7.20. The van der Waals surface area contributed by atoms with Gasteiger partial charge in [0.05, 0.1) is 23.4 Å². The molecule has 0 aliphatic heterocycles. The Kier molecular flexibility index (Phi) is 5.00. The second-order valence-electron chi connectivity index (χ2n) is 5.49. The molecule has 2 amide bonds. The Balaban J connectivity index is 1.75. The summed E-state index contributed by atoms with van der Waals surface area (Å²) in [6.45, 7) is 5.78. The third-order valence-electron chi connectivity index (χ3n) is 3.49. The van der Waals surface area contributed by atoms with Gasteiger partial charge in [0, 0.05) is 22.2 Å². The van der Waals surface area contributed by atoms with Crippen LogP contribution in [-0.4, -0.2) is 16.8 Å². The summed E-state index contributed by atoms with van der Waals surface area (Å²) in [4.78, 5) is 30.8. The number of nitrogens with zero attached hydrogens (tertiary/aromatic N) is 1. The maximum atomic E-state index is 12.2. The van der Waals surface area contributed by atoms with E-state index in [2.05, 4.69) is 15.6 Å². The number of carbonyl (C=O) groups is 2. The lowest BCUT2D eigenvalue weighted by Crippen LogP contribution is -2.17. The predicted octanol–water partition coefficient (Wildman–Crippen LogP) is 3.97. The summed E-state index contributed by atoms with van der Waals surface area (Å²) in [5, 5.41) is 6.10. The van der Waals surface area contributed by atoms with E-state index in [1.54, 1.807) is 17.4 Å². The van der Waals surface area contributed by atoms with E-state index in [1.165, 1.54) is 24.5 Å². The summed E-state index contributed by atoms with van der Waals surface area (Å²) in [5.41, 5.74) is 1.63. The molecule has 0 fully saturated rings. The van der Waals surface area contributed by atoms with Gasteiger partial charge in [0.15, 0.2) is 10.9 Å². The topological polar surface area (TPSA) is 84.2 Å². The number of thiazole rings is 1. The molecule has 0 unspecified atom stereocenters. The number of anilines is 1. The molecule has 3 rings (SSSR count). The number of furan rings is 1. The molecular weight excluding hydrogens is 358 g/mol. The van der Waals surface area contributed by atoms with Gasteiger partial charge >= 0.3 is 0 Å². The molecule has 3 heterocycles. The van der Waals surface area contributed by atoms with E-state index in [-0.39, 0.29) is 11.8 Å². The van der Waals surface area contributed by atoms with Gasteiger partial charge in [-0.2, -0.15) is 0 Å². The maximum absolute atomic E-state index is 12.2. The van der Waals surface area contributed by atoms with Gasteiger partial charge in [-0.25, -0.2) is 4.98 Å². The van der Waals surface area contributed by atoms with Crippen LogP contribution in [0.15, 0.2) is 28.9 Å². The van der Waals surface area contributed by atoms with Crippen molar-refractivity contribution in [2.45, 2.75) is 27.3 Å². The minimum atomic E-state index is -0.305. The smallest absolute Gasteiger partial charge is 0.293 e. The predicted molar refractivity (Wildman–Crippen MR) is 99.1 cm³/mol. The van der Waals surface area contributed by atoms with Gasteiger partial charge in [0.2, 0.25) is 5.91 Å². The Morgan fingerprint density at radius 1 is 1.20 bits per heavy atom. The summed E-state index contributed by atoms with van der Waals surface area (Å²) in [5.74, 6) is -0.0681. The fraction of sp³-hybridized carbons (Fsp3) is 0.235. The average molecular weight is 375 g/mol. The van der Waals surface area contributed by atoms with E-state index in [1.807, 2.05) is 26.0 Å². The van der Waals surface area contributed by atoms with Crippen molar-refractivity contribution in [2.24, 2.45) is 0 Å². The van der Waals surface area contributed by atoms with E-state index >= 15 is 0 Å². The highest BCUT2D eigenvalue weighted by molar-refractivity contribution is 7.18. The molecule has 0 spiro atoms. The first-order chi connectivity index (χ1) is 11.9. The fourth-order valence-electron chi connectivity index (χ4n) is 2.25. The molecular formula is C17H17N3O3S2. The SMILES string of the molecule is CC(=O)NCc1ccc(-c2nc(NC(=O)c3occc3C)sc2C)s1. The van der Waals surface area contributed by atoms with Gasteiger partial charge < -0.3 is 9.73 Å². The molecule has 0 saturated heterocycles. The van der Waals surface area contributed by atoms with Crippen LogP contribution in [0.25, 0.3) is 10.6 Å². The van der Waals surface area contributed by atoms with Gasteiger partial charge in [-0.3, -0.25) is 14.9 Å². The van der Waals surface area contributed by atoms with Crippen LogP contribution >= 0.6 is 22.7 Å². The van der Waals surface area contributed by atoms with Gasteiger partial charge in [0.1, 0.15) is 0 Å². The van der Waals surface area contributed by atoms with Crippen molar-refractivity contribution < 1.29 is 14.0 Å². The zero-order chi connectivity index (χ0) is 18.0. The molecule has 0 aliphatic carbocycles. The number of hydrogen-bond donors (Lipinski definition) is 2. The lowest BCUT2D eigenvalue weighted by atomic mass is 10.3. The molecule has 0 atom stereocenters. The van der Waals surface area contributed by atoms with Crippen molar-refractivity contribution >= 4 is 39.6 Å². The van der Waals surface area contributed by atoms with Crippen molar-refractivity contribution in [3.63, 3.8) is 0 Å². The molecule has 0 bridgehead atoms. The highest BCUT2D eigenvalue weighted by atomic mass is 32.1. The molecule has 0 saturated carbocycles. The number of nitrogens with one attached hydrogen (secondary N) is 2. The standard InChI is InChI=1S/C17H17N3O3S2/c1-9-6-7-23-15(9)16(22)20-17-19-14(10(2)24-17)13-5-4-12(25-13)8-18-11(3)21/h4-7H,8H2,1-3H3,(H,18,21)(H,19,20,22). The minimum absolute atomic E-state index is 0.0574. The van der Waals surface area contributed by atoms with Crippen LogP contribution in [0.2, 0.25) is 0 Å². The molecule has 3 aromatic heterocycles. The van der Waals surface area contributed by atoms with E-state index in [0.717, 1.165) is 25.9 Å². The van der Waals surface area contributed by atoms with E-state index in [4.69, 9.17) is 4.42 Å². The quantitative estimate of drug-likeness (QED) is 0.707. The number of amides is 2. The summed E-state index contributed by atoms with van der Waals surface area (Å²) in [6.07, 6.45) is 1.49. The Hall–Kier alpha value is -2.45. The summed E-state index contributed by atoms with van der Waals surface area (Å²) < 4.78 is 5.20. The lowest BCUT2D eigenvalue weighted by Gasteiger charge is -1.99. The average Bonchev–Trinajstić information content (AvgIpc) is 3.25. The van der Waals surface area contributed by atoms with Crippen molar-refractivity contribution in [1.82, 2.24) is 10.3 Å². The Labute approximate surface area is 152 Å². The van der Waals surface area contributed by atoms with Crippen LogP contribution in [0.4, 0.5) is 5.13 Å². The van der Waals surface area contributed by atoms with Gasteiger partial charge in [-0.1, -0.05) is 0 Å². The maximum Gasteiger partial charge on any atom is 0.293 e. The molecule has 0 radical (unpaired) electrons. The summed E-state index contributed by atoms with van der Waals surface area (Å²) in [7, 11) is 0. The number of rotatable bonds is 5. The summed E-state index contributed by atoms with van der Waals surface area (Å²) in [6, 6.07) is 5.70. The van der Waals surface area contributed by atoms with E-state index in [9.17, 15) is 9.59 Å². The third-order valence-corrected chi connectivity index (χ3v) is 5.47. The Bertz CT molecular complexity index is 923. The van der Waals surface area contributed by atoms with Crippen molar-refractivity contribution in [2.75, 3.05) is 5.32 Å². The minimum Gasteiger partial charge on any atom is -0.459 e. The first-order valence-electron chi connectivity index (χ1n) is 7.60. The van der Waals surface area contributed by atoms with Crippen LogP contribution in [0.3, 0.4) is 0 Å². The molecule has 8 heteroatoms. The van der Waals surface area contributed by atoms with Crippen LogP contribution in [0, 0.1) is 13.8 Å². The molecule has 0 aromatic carbocycles. The monoisotopic (exact) mass is 375 g/mol. The van der Waals surface area contributed by atoms with Gasteiger partial charge in [-0.05, 0) is 32.0 Å². The van der Waals surface area contributed by atoms with Crippen LogP contribution in [-0.2, 0) is 11.3 Å². The van der Waals surface area contributed by atoms with Crippen LogP contribution in [0.5, 0.6) is 0 Å². The number of carbonyl (C=O) groups excluding carboxylic acids is 2. The second-order valence-corrected chi connectivity index (χ2v) is 7.86. The zero-order valence-corrected chi connectivity index (χ0v) is 15.6. The number of thiophene rings is 1.